The highest BCUT2D eigenvalue weighted by atomic mass is 16.2. The number of para-hydroxylation sites is 1. The quantitative estimate of drug-likeness (QED) is 0.900. The summed E-state index contributed by atoms with van der Waals surface area (Å²) in [6.07, 6.45) is 2.08. The van der Waals surface area contributed by atoms with E-state index in [2.05, 4.69) is 17.2 Å². The van der Waals surface area contributed by atoms with Gasteiger partial charge in [-0.15, -0.1) is 0 Å². The summed E-state index contributed by atoms with van der Waals surface area (Å²) in [5, 5.41) is 4.44. The van der Waals surface area contributed by atoms with Gasteiger partial charge in [0.05, 0.1) is 0 Å². The molecule has 20 heavy (non-hydrogen) atoms. The van der Waals surface area contributed by atoms with Crippen molar-refractivity contribution in [1.29, 1.82) is 0 Å². The normalized spacial score (nSPS) is 16.4. The number of amides is 1. The summed E-state index contributed by atoms with van der Waals surface area (Å²) in [4.78, 5) is 18.0. The van der Waals surface area contributed by atoms with Crippen molar-refractivity contribution in [3.63, 3.8) is 0 Å². The van der Waals surface area contributed by atoms with E-state index in [-0.39, 0.29) is 5.91 Å². The van der Waals surface area contributed by atoms with Crippen LogP contribution in [0, 0.1) is 0 Å². The lowest BCUT2D eigenvalue weighted by molar-refractivity contribution is 0.0651. The summed E-state index contributed by atoms with van der Waals surface area (Å²) < 4.78 is 0. The molecule has 2 heterocycles. The molecule has 0 aliphatic carbocycles. The monoisotopic (exact) mass is 271 g/mol. The number of benzene rings is 1. The molecule has 1 aromatic carbocycles. The lowest BCUT2D eigenvalue weighted by Gasteiger charge is -2.33. The Morgan fingerprint density at radius 3 is 2.75 bits per heavy atom. The molecule has 0 atom stereocenters. The first kappa shape index (κ1) is 13.2. The number of H-pyrrole nitrogens is 1. The Morgan fingerprint density at radius 2 is 2.05 bits per heavy atom. The minimum absolute atomic E-state index is 0.121. The van der Waals surface area contributed by atoms with Crippen molar-refractivity contribution in [3.8, 4) is 0 Å². The summed E-state index contributed by atoms with van der Waals surface area (Å²) in [6.45, 7) is 4.82. The maximum absolute atomic E-state index is 12.7. The first-order chi connectivity index (χ1) is 9.79. The highest BCUT2D eigenvalue weighted by molar-refractivity contribution is 5.98. The Bertz CT molecular complexity index is 566. The molecule has 0 bridgehead atoms. The highest BCUT2D eigenvalue weighted by Gasteiger charge is 2.25. The molecule has 1 amide bonds. The minimum Gasteiger partial charge on any atom is -0.351 e. The van der Waals surface area contributed by atoms with Gasteiger partial charge in [0.2, 0.25) is 0 Å². The molecule has 4 heteroatoms. The van der Waals surface area contributed by atoms with Crippen molar-refractivity contribution >= 4 is 16.8 Å². The lowest BCUT2D eigenvalue weighted by atomic mass is 10.0. The summed E-state index contributed by atoms with van der Waals surface area (Å²) in [5.41, 5.74) is 1.73. The molecular formula is C16H21N3O. The van der Waals surface area contributed by atoms with Gasteiger partial charge in [-0.2, -0.15) is 0 Å². The Labute approximate surface area is 119 Å². The number of hydrogen-bond donors (Lipinski definition) is 2. The van der Waals surface area contributed by atoms with Gasteiger partial charge in [-0.1, -0.05) is 18.2 Å². The van der Waals surface area contributed by atoms with E-state index in [1.165, 1.54) is 0 Å². The second-order valence-corrected chi connectivity index (χ2v) is 5.34. The topological polar surface area (TPSA) is 48.1 Å². The molecule has 1 aliphatic heterocycles. The van der Waals surface area contributed by atoms with E-state index >= 15 is 0 Å². The van der Waals surface area contributed by atoms with Gasteiger partial charge < -0.3 is 15.2 Å². The second kappa shape index (κ2) is 5.67. The number of carbonyl (C=O) groups is 1. The van der Waals surface area contributed by atoms with Crippen LogP contribution in [0.4, 0.5) is 0 Å². The van der Waals surface area contributed by atoms with Crippen LogP contribution in [0.25, 0.3) is 10.9 Å². The van der Waals surface area contributed by atoms with E-state index in [1.54, 1.807) is 0 Å². The largest absolute Gasteiger partial charge is 0.351 e. The van der Waals surface area contributed by atoms with Gasteiger partial charge in [-0.3, -0.25) is 4.79 Å². The number of rotatable bonds is 3. The van der Waals surface area contributed by atoms with Crippen LogP contribution < -0.4 is 5.32 Å². The molecule has 1 saturated heterocycles. The maximum atomic E-state index is 12.7. The molecule has 3 rings (SSSR count). The van der Waals surface area contributed by atoms with Crippen LogP contribution in [0.5, 0.6) is 0 Å². The van der Waals surface area contributed by atoms with Crippen LogP contribution >= 0.6 is 0 Å². The van der Waals surface area contributed by atoms with Crippen LogP contribution in [0.2, 0.25) is 0 Å². The smallest absolute Gasteiger partial charge is 0.270 e. The van der Waals surface area contributed by atoms with E-state index in [0.717, 1.165) is 43.4 Å². The third-order valence-electron chi connectivity index (χ3n) is 4.11. The van der Waals surface area contributed by atoms with Crippen molar-refractivity contribution in [2.75, 3.05) is 19.6 Å². The summed E-state index contributed by atoms with van der Waals surface area (Å²) in [7, 11) is 0. The number of nitrogens with one attached hydrogen (secondary N) is 2. The first-order valence-electron chi connectivity index (χ1n) is 7.39. The van der Waals surface area contributed by atoms with Crippen molar-refractivity contribution < 1.29 is 4.79 Å². The van der Waals surface area contributed by atoms with Gasteiger partial charge in [0.25, 0.3) is 5.91 Å². The number of carbonyl (C=O) groups excluding carboxylic acids is 1. The van der Waals surface area contributed by atoms with Gasteiger partial charge in [-0.05, 0) is 45.0 Å². The second-order valence-electron chi connectivity index (χ2n) is 5.34. The standard InChI is InChI=1S/C16H21N3O/c1-2-19(13-7-9-17-10-8-13)16(20)15-11-12-5-3-4-6-14(12)18-15/h3-6,11,13,17-18H,2,7-10H2,1H3. The number of nitrogens with zero attached hydrogens (tertiary/aromatic N) is 1. The fourth-order valence-corrected chi connectivity index (χ4v) is 3.03. The fourth-order valence-electron chi connectivity index (χ4n) is 3.03. The number of hydrogen-bond acceptors (Lipinski definition) is 2. The van der Waals surface area contributed by atoms with Crippen molar-refractivity contribution in [1.82, 2.24) is 15.2 Å². The van der Waals surface area contributed by atoms with E-state index in [0.29, 0.717) is 11.7 Å². The van der Waals surface area contributed by atoms with Crippen LogP contribution in [0.1, 0.15) is 30.3 Å². The predicted octanol–water partition coefficient (Wildman–Crippen LogP) is 2.38. The summed E-state index contributed by atoms with van der Waals surface area (Å²) in [5.74, 6) is 0.121. The average molecular weight is 271 g/mol. The van der Waals surface area contributed by atoms with E-state index in [1.807, 2.05) is 35.2 Å². The molecule has 1 fully saturated rings. The number of aromatic amines is 1. The van der Waals surface area contributed by atoms with Crippen molar-refractivity contribution in [2.24, 2.45) is 0 Å². The molecule has 2 aromatic rings. The molecule has 0 spiro atoms. The zero-order valence-corrected chi connectivity index (χ0v) is 11.9. The SMILES string of the molecule is CCN(C(=O)c1cc2ccccc2[nH]1)C1CCNCC1. The van der Waals surface area contributed by atoms with Crippen molar-refractivity contribution in [2.45, 2.75) is 25.8 Å². The van der Waals surface area contributed by atoms with Crippen LogP contribution in [-0.2, 0) is 0 Å². The Morgan fingerprint density at radius 1 is 1.30 bits per heavy atom. The Kier molecular flexibility index (Phi) is 3.74. The highest BCUT2D eigenvalue weighted by Crippen LogP contribution is 2.19. The predicted molar refractivity (Wildman–Crippen MR) is 80.9 cm³/mol. The molecule has 0 radical (unpaired) electrons. The van der Waals surface area contributed by atoms with Gasteiger partial charge in [0, 0.05) is 23.5 Å². The third-order valence-corrected chi connectivity index (χ3v) is 4.11. The molecular weight excluding hydrogens is 250 g/mol. The molecule has 4 nitrogen and oxygen atoms in total. The third kappa shape index (κ3) is 2.43. The zero-order chi connectivity index (χ0) is 13.9. The van der Waals surface area contributed by atoms with E-state index in [4.69, 9.17) is 0 Å². The Balaban J connectivity index is 1.85. The van der Waals surface area contributed by atoms with Gasteiger partial charge in [-0.25, -0.2) is 0 Å². The van der Waals surface area contributed by atoms with Crippen LogP contribution in [0.15, 0.2) is 30.3 Å². The van der Waals surface area contributed by atoms with Gasteiger partial charge in [0.15, 0.2) is 0 Å². The zero-order valence-electron chi connectivity index (χ0n) is 11.9. The van der Waals surface area contributed by atoms with Gasteiger partial charge in [0.1, 0.15) is 5.69 Å². The molecule has 0 saturated carbocycles. The fraction of sp³-hybridized carbons (Fsp3) is 0.438. The van der Waals surface area contributed by atoms with E-state index in [9.17, 15) is 4.79 Å². The summed E-state index contributed by atoms with van der Waals surface area (Å²) >= 11 is 0. The molecule has 0 unspecified atom stereocenters. The summed E-state index contributed by atoms with van der Waals surface area (Å²) in [6, 6.07) is 10.3. The Hall–Kier alpha value is -1.81. The van der Waals surface area contributed by atoms with Gasteiger partial charge >= 0.3 is 0 Å². The molecule has 1 aromatic heterocycles. The number of piperidine rings is 1. The molecule has 1 aliphatic rings. The lowest BCUT2D eigenvalue weighted by Crippen LogP contribution is -2.46. The van der Waals surface area contributed by atoms with Crippen molar-refractivity contribution in [3.05, 3.63) is 36.0 Å². The molecule has 106 valence electrons. The minimum atomic E-state index is 0.121. The maximum Gasteiger partial charge on any atom is 0.270 e. The first-order valence-corrected chi connectivity index (χ1v) is 7.39. The number of aromatic nitrogens is 1. The molecule has 2 N–H and O–H groups in total. The van der Waals surface area contributed by atoms with Crippen LogP contribution in [-0.4, -0.2) is 41.5 Å². The number of fused-ring (bicyclic) bond motifs is 1. The van der Waals surface area contributed by atoms with E-state index < -0.39 is 0 Å². The van der Waals surface area contributed by atoms with Crippen LogP contribution in [0.3, 0.4) is 0 Å². The average Bonchev–Trinajstić information content (AvgIpc) is 2.93.